The number of thiazole rings is 1. The van der Waals surface area contributed by atoms with Crippen LogP contribution in [0.4, 0.5) is 0 Å². The summed E-state index contributed by atoms with van der Waals surface area (Å²) in [6, 6.07) is 25.0. The third-order valence-corrected chi connectivity index (χ3v) is 8.29. The van der Waals surface area contributed by atoms with Crippen LogP contribution in [0.1, 0.15) is 25.3 Å². The Hall–Kier alpha value is -2.42. The summed E-state index contributed by atoms with van der Waals surface area (Å²) in [5.41, 5.74) is 2.06. The molecule has 136 valence electrons. The van der Waals surface area contributed by atoms with Crippen LogP contribution in [0, 0.1) is 0 Å². The van der Waals surface area contributed by atoms with Gasteiger partial charge in [-0.15, -0.1) is 11.3 Å². The lowest BCUT2D eigenvalue weighted by Gasteiger charge is -2.18. The van der Waals surface area contributed by atoms with Crippen molar-refractivity contribution in [2.45, 2.75) is 19.8 Å². The molecule has 3 aromatic carbocycles. The molecule has 5 heteroatoms. The molecule has 0 saturated carbocycles. The lowest BCUT2D eigenvalue weighted by atomic mass is 10.0. The van der Waals surface area contributed by atoms with E-state index in [0.717, 1.165) is 10.2 Å². The Balaban J connectivity index is 1.80. The molecule has 4 rings (SSSR count). The maximum absolute atomic E-state index is 14.1. The lowest BCUT2D eigenvalue weighted by Crippen LogP contribution is -2.19. The van der Waals surface area contributed by atoms with Crippen LogP contribution in [-0.4, -0.2) is 4.98 Å². The molecule has 1 atom stereocenters. The number of hydrogen-bond acceptors (Lipinski definition) is 4. The van der Waals surface area contributed by atoms with E-state index in [2.05, 4.69) is 18.8 Å². The van der Waals surface area contributed by atoms with E-state index in [1.807, 2.05) is 78.9 Å². The average Bonchev–Trinajstić information content (AvgIpc) is 3.14. The molecule has 0 amide bonds. The van der Waals surface area contributed by atoms with Crippen molar-refractivity contribution in [1.82, 2.24) is 4.98 Å². The summed E-state index contributed by atoms with van der Waals surface area (Å²) in [6.07, 6.45) is 0. The highest BCUT2D eigenvalue weighted by Crippen LogP contribution is 2.47. The van der Waals surface area contributed by atoms with Gasteiger partial charge < -0.3 is 4.52 Å². The number of hydrogen-bond donors (Lipinski definition) is 0. The molecule has 0 aliphatic carbocycles. The van der Waals surface area contributed by atoms with Gasteiger partial charge in [0, 0.05) is 0 Å². The average molecular weight is 393 g/mol. The molecular weight excluding hydrogens is 373 g/mol. The molecule has 3 nitrogen and oxygen atoms in total. The minimum atomic E-state index is -3.35. The number of nitrogens with zero attached hydrogens (tertiary/aromatic N) is 1. The molecule has 0 bridgehead atoms. The zero-order chi connectivity index (χ0) is 18.9. The van der Waals surface area contributed by atoms with Crippen LogP contribution in [0.5, 0.6) is 5.75 Å². The summed E-state index contributed by atoms with van der Waals surface area (Å²) in [7, 11) is -3.35. The van der Waals surface area contributed by atoms with Crippen LogP contribution in [-0.2, 0) is 4.57 Å². The molecule has 1 aromatic heterocycles. The highest BCUT2D eigenvalue weighted by molar-refractivity contribution is 7.79. The third kappa shape index (κ3) is 3.55. The first kappa shape index (κ1) is 18.0. The number of rotatable bonds is 5. The summed E-state index contributed by atoms with van der Waals surface area (Å²) in [5, 5.41) is 0.650. The molecule has 0 fully saturated rings. The zero-order valence-electron chi connectivity index (χ0n) is 15.2. The third-order valence-electron chi connectivity index (χ3n) is 4.41. The second-order valence-electron chi connectivity index (χ2n) is 6.67. The Kier molecular flexibility index (Phi) is 4.86. The molecule has 0 saturated heterocycles. The number of aromatic nitrogens is 1. The van der Waals surface area contributed by atoms with Gasteiger partial charge in [-0.3, -0.25) is 4.57 Å². The van der Waals surface area contributed by atoms with Gasteiger partial charge in [-0.25, -0.2) is 4.98 Å². The fraction of sp³-hybridized carbons (Fsp3) is 0.136. The van der Waals surface area contributed by atoms with E-state index in [9.17, 15) is 4.57 Å². The Morgan fingerprint density at radius 1 is 0.889 bits per heavy atom. The van der Waals surface area contributed by atoms with E-state index < -0.39 is 7.37 Å². The van der Waals surface area contributed by atoms with Crippen molar-refractivity contribution in [2.24, 2.45) is 0 Å². The first-order valence-electron chi connectivity index (χ1n) is 8.87. The maximum Gasteiger partial charge on any atom is 0.334 e. The minimum absolute atomic E-state index is 0.434. The summed E-state index contributed by atoms with van der Waals surface area (Å²) in [6.45, 7) is 4.29. The van der Waals surface area contributed by atoms with E-state index in [0.29, 0.717) is 21.7 Å². The molecule has 0 N–H and O–H groups in total. The fourth-order valence-corrected chi connectivity index (χ4v) is 6.41. The highest BCUT2D eigenvalue weighted by atomic mass is 32.1. The van der Waals surface area contributed by atoms with Crippen molar-refractivity contribution in [2.75, 3.05) is 0 Å². The Morgan fingerprint density at radius 2 is 1.56 bits per heavy atom. The molecule has 1 heterocycles. The van der Waals surface area contributed by atoms with Crippen molar-refractivity contribution in [3.8, 4) is 5.75 Å². The Bertz CT molecular complexity index is 1070. The van der Waals surface area contributed by atoms with Crippen molar-refractivity contribution < 1.29 is 9.09 Å². The van der Waals surface area contributed by atoms with E-state index in [1.165, 1.54) is 16.9 Å². The fourth-order valence-electron chi connectivity index (χ4n) is 2.87. The SMILES string of the molecule is CC(C)c1ccc(O[P@@](=O)(c2ccccc2)c2nc3ccccc3s2)cc1. The highest BCUT2D eigenvalue weighted by Gasteiger charge is 2.34. The van der Waals surface area contributed by atoms with Crippen LogP contribution in [0.2, 0.25) is 0 Å². The van der Waals surface area contributed by atoms with Gasteiger partial charge in [-0.05, 0) is 47.9 Å². The van der Waals surface area contributed by atoms with E-state index >= 15 is 0 Å². The van der Waals surface area contributed by atoms with Gasteiger partial charge >= 0.3 is 7.37 Å². The Morgan fingerprint density at radius 3 is 2.22 bits per heavy atom. The van der Waals surface area contributed by atoms with Crippen molar-refractivity contribution >= 4 is 39.0 Å². The quantitative estimate of drug-likeness (QED) is 0.407. The molecule has 0 unspecified atom stereocenters. The Labute approximate surface area is 163 Å². The summed E-state index contributed by atoms with van der Waals surface area (Å²) in [4.78, 5) is 4.63. The smallest absolute Gasteiger partial charge is 0.334 e. The van der Waals surface area contributed by atoms with Crippen LogP contribution in [0.15, 0.2) is 78.9 Å². The monoisotopic (exact) mass is 393 g/mol. The predicted octanol–water partition coefficient (Wildman–Crippen LogP) is 5.73. The minimum Gasteiger partial charge on any atom is -0.435 e. The van der Waals surface area contributed by atoms with Crippen LogP contribution in [0.3, 0.4) is 0 Å². The van der Waals surface area contributed by atoms with E-state index in [1.54, 1.807) is 0 Å². The van der Waals surface area contributed by atoms with E-state index in [4.69, 9.17) is 4.52 Å². The summed E-state index contributed by atoms with van der Waals surface area (Å²) < 4.78 is 21.8. The maximum atomic E-state index is 14.1. The molecule has 0 spiro atoms. The van der Waals surface area contributed by atoms with Gasteiger partial charge in [0.25, 0.3) is 0 Å². The van der Waals surface area contributed by atoms with Gasteiger partial charge in [0.1, 0.15) is 5.75 Å². The second kappa shape index (κ2) is 7.30. The van der Waals surface area contributed by atoms with Gasteiger partial charge in [0.15, 0.2) is 4.75 Å². The zero-order valence-corrected chi connectivity index (χ0v) is 16.9. The first-order chi connectivity index (χ1) is 13.1. The topological polar surface area (TPSA) is 39.2 Å². The molecule has 0 radical (unpaired) electrons. The lowest BCUT2D eigenvalue weighted by molar-refractivity contribution is 0.502. The summed E-state index contributed by atoms with van der Waals surface area (Å²) >= 11 is 1.43. The van der Waals surface area contributed by atoms with Crippen LogP contribution in [0.25, 0.3) is 10.2 Å². The van der Waals surface area contributed by atoms with Crippen molar-refractivity contribution in [1.29, 1.82) is 0 Å². The van der Waals surface area contributed by atoms with Crippen LogP contribution >= 0.6 is 18.7 Å². The molecule has 0 aliphatic rings. The van der Waals surface area contributed by atoms with Crippen molar-refractivity contribution in [3.63, 3.8) is 0 Å². The van der Waals surface area contributed by atoms with Gasteiger partial charge in [-0.1, -0.05) is 56.3 Å². The van der Waals surface area contributed by atoms with Crippen LogP contribution < -0.4 is 14.6 Å². The first-order valence-corrected chi connectivity index (χ1v) is 11.3. The molecule has 27 heavy (non-hydrogen) atoms. The molecule has 0 aliphatic heterocycles. The molecular formula is C22H20NO2PS. The largest absolute Gasteiger partial charge is 0.435 e. The predicted molar refractivity (Wildman–Crippen MR) is 114 cm³/mol. The van der Waals surface area contributed by atoms with Gasteiger partial charge in [0.2, 0.25) is 0 Å². The standard InChI is InChI=1S/C22H20NO2PS/c1-16(2)17-12-14-18(15-13-17)25-26(24,19-8-4-3-5-9-19)22-23-20-10-6-7-11-21(20)27-22/h3-16H,1-2H3/t26-/m0/s1. The van der Waals surface area contributed by atoms with Gasteiger partial charge in [-0.2, -0.15) is 0 Å². The summed E-state index contributed by atoms with van der Waals surface area (Å²) in [5.74, 6) is 1.02. The number of benzene rings is 3. The van der Waals surface area contributed by atoms with Crippen molar-refractivity contribution in [3.05, 3.63) is 84.4 Å². The number of fused-ring (bicyclic) bond motifs is 1. The number of para-hydroxylation sites is 1. The van der Waals surface area contributed by atoms with E-state index in [-0.39, 0.29) is 0 Å². The second-order valence-corrected chi connectivity index (χ2v) is 10.2. The normalized spacial score (nSPS) is 13.6. The molecule has 4 aromatic rings. The van der Waals surface area contributed by atoms with Gasteiger partial charge in [0.05, 0.1) is 15.5 Å².